The molecule has 2 N–H and O–H groups in total. The minimum Gasteiger partial charge on any atom is -0.348 e. The third kappa shape index (κ3) is 5.07. The van der Waals surface area contributed by atoms with Gasteiger partial charge in [0.05, 0.1) is 0 Å². The molecule has 19 heavy (non-hydrogen) atoms. The monoisotopic (exact) mass is 266 g/mol. The summed E-state index contributed by atoms with van der Waals surface area (Å²) in [5, 5.41) is 4.93. The van der Waals surface area contributed by atoms with Crippen molar-refractivity contribution in [3.63, 3.8) is 0 Å². The number of amides is 2. The Hall–Kier alpha value is -1.91. The summed E-state index contributed by atoms with van der Waals surface area (Å²) in [6.07, 6.45) is 2.89. The van der Waals surface area contributed by atoms with Crippen LogP contribution in [0.3, 0.4) is 0 Å². The molecule has 2 amide bonds. The molecule has 4 nitrogen and oxygen atoms in total. The van der Waals surface area contributed by atoms with Crippen LogP contribution in [-0.4, -0.2) is 18.4 Å². The highest BCUT2D eigenvalue weighted by Crippen LogP contribution is 2.15. The summed E-state index contributed by atoms with van der Waals surface area (Å²) in [4.78, 5) is 23.1. The maximum absolute atomic E-state index is 13.0. The molecule has 5 heteroatoms. The predicted molar refractivity (Wildman–Crippen MR) is 72.3 cm³/mol. The number of nitrogens with one attached hydrogen (secondary N) is 2. The molecule has 0 atom stereocenters. The molecule has 0 unspecified atom stereocenters. The van der Waals surface area contributed by atoms with Gasteiger partial charge in [0.15, 0.2) is 0 Å². The van der Waals surface area contributed by atoms with E-state index in [2.05, 4.69) is 17.6 Å². The van der Waals surface area contributed by atoms with Crippen LogP contribution in [0.25, 0.3) is 0 Å². The van der Waals surface area contributed by atoms with Crippen molar-refractivity contribution in [3.8, 4) is 0 Å². The van der Waals surface area contributed by atoms with Gasteiger partial charge in [0.1, 0.15) is 5.82 Å². The highest BCUT2D eigenvalue weighted by atomic mass is 19.1. The molecule has 0 aliphatic rings. The Morgan fingerprint density at radius 3 is 2.63 bits per heavy atom. The first-order valence-electron chi connectivity index (χ1n) is 6.40. The zero-order valence-corrected chi connectivity index (χ0v) is 11.3. The molecule has 0 heterocycles. The van der Waals surface area contributed by atoms with Crippen LogP contribution in [0.5, 0.6) is 0 Å². The highest BCUT2D eigenvalue weighted by molar-refractivity contribution is 6.39. The second-order valence-electron chi connectivity index (χ2n) is 4.38. The lowest BCUT2D eigenvalue weighted by Crippen LogP contribution is -2.36. The van der Waals surface area contributed by atoms with E-state index in [0.29, 0.717) is 17.8 Å². The standard InChI is InChI=1S/C14H19FN2O2/c1-3-4-5-8-16-13(18)14(19)17-12-9-11(15)7-6-10(12)2/h6-7,9H,3-5,8H2,1-2H3,(H,16,18)(H,17,19). The first kappa shape index (κ1) is 15.1. The number of rotatable bonds is 5. The lowest BCUT2D eigenvalue weighted by molar-refractivity contribution is -0.136. The SMILES string of the molecule is CCCCCNC(=O)C(=O)Nc1cc(F)ccc1C. The van der Waals surface area contributed by atoms with Gasteiger partial charge in [-0.2, -0.15) is 0 Å². The third-order valence-corrected chi connectivity index (χ3v) is 2.72. The molecular formula is C14H19FN2O2. The normalized spacial score (nSPS) is 10.1. The van der Waals surface area contributed by atoms with E-state index in [1.807, 2.05) is 0 Å². The number of carbonyl (C=O) groups excluding carboxylic acids is 2. The van der Waals surface area contributed by atoms with Gasteiger partial charge in [-0.3, -0.25) is 9.59 Å². The van der Waals surface area contributed by atoms with E-state index in [-0.39, 0.29) is 0 Å². The zero-order chi connectivity index (χ0) is 14.3. The summed E-state index contributed by atoms with van der Waals surface area (Å²) in [7, 11) is 0. The summed E-state index contributed by atoms with van der Waals surface area (Å²) in [6, 6.07) is 4.04. The molecule has 1 aromatic carbocycles. The molecule has 0 aliphatic carbocycles. The van der Waals surface area contributed by atoms with Gasteiger partial charge in [-0.1, -0.05) is 25.8 Å². The molecule has 1 aromatic rings. The molecule has 104 valence electrons. The van der Waals surface area contributed by atoms with E-state index in [4.69, 9.17) is 0 Å². The van der Waals surface area contributed by atoms with Crippen molar-refractivity contribution in [2.45, 2.75) is 33.1 Å². The molecule has 0 aromatic heterocycles. The van der Waals surface area contributed by atoms with E-state index in [1.54, 1.807) is 13.0 Å². The van der Waals surface area contributed by atoms with Crippen molar-refractivity contribution in [1.29, 1.82) is 0 Å². The van der Waals surface area contributed by atoms with Crippen LogP contribution < -0.4 is 10.6 Å². The summed E-state index contributed by atoms with van der Waals surface area (Å²) < 4.78 is 13.0. The first-order valence-corrected chi connectivity index (χ1v) is 6.40. The smallest absolute Gasteiger partial charge is 0.313 e. The Bertz CT molecular complexity index is 461. The summed E-state index contributed by atoms with van der Waals surface area (Å²) >= 11 is 0. The number of aryl methyl sites for hydroxylation is 1. The number of carbonyl (C=O) groups is 2. The summed E-state index contributed by atoms with van der Waals surface area (Å²) in [5.74, 6) is -1.92. The van der Waals surface area contributed by atoms with Crippen LogP contribution in [0.4, 0.5) is 10.1 Å². The molecule has 0 bridgehead atoms. The van der Waals surface area contributed by atoms with Gasteiger partial charge in [0.25, 0.3) is 0 Å². The van der Waals surface area contributed by atoms with E-state index >= 15 is 0 Å². The van der Waals surface area contributed by atoms with Crippen LogP contribution in [0.2, 0.25) is 0 Å². The third-order valence-electron chi connectivity index (χ3n) is 2.72. The lowest BCUT2D eigenvalue weighted by Gasteiger charge is -2.08. The van der Waals surface area contributed by atoms with Gasteiger partial charge >= 0.3 is 11.8 Å². The fraction of sp³-hybridized carbons (Fsp3) is 0.429. The van der Waals surface area contributed by atoms with Crippen LogP contribution in [-0.2, 0) is 9.59 Å². The molecule has 1 rings (SSSR count). The van der Waals surface area contributed by atoms with E-state index < -0.39 is 17.6 Å². The van der Waals surface area contributed by atoms with Crippen LogP contribution in [0.15, 0.2) is 18.2 Å². The van der Waals surface area contributed by atoms with Gasteiger partial charge in [0, 0.05) is 12.2 Å². The van der Waals surface area contributed by atoms with Crippen LogP contribution in [0.1, 0.15) is 31.7 Å². The average Bonchev–Trinajstić information content (AvgIpc) is 2.38. The predicted octanol–water partition coefficient (Wildman–Crippen LogP) is 2.38. The molecular weight excluding hydrogens is 247 g/mol. The van der Waals surface area contributed by atoms with Gasteiger partial charge < -0.3 is 10.6 Å². The van der Waals surface area contributed by atoms with E-state index in [1.165, 1.54) is 12.1 Å². The number of unbranched alkanes of at least 4 members (excludes halogenated alkanes) is 2. The number of halogens is 1. The Kier molecular flexibility index (Phi) is 5.99. The Labute approximate surface area is 112 Å². The Morgan fingerprint density at radius 1 is 1.21 bits per heavy atom. The van der Waals surface area contributed by atoms with Gasteiger partial charge in [-0.15, -0.1) is 0 Å². The van der Waals surface area contributed by atoms with Gasteiger partial charge in [0.2, 0.25) is 0 Å². The maximum Gasteiger partial charge on any atom is 0.313 e. The first-order chi connectivity index (χ1) is 9.04. The second-order valence-corrected chi connectivity index (χ2v) is 4.38. The molecule has 0 spiro atoms. The fourth-order valence-corrected chi connectivity index (χ4v) is 1.57. The number of hydrogen-bond donors (Lipinski definition) is 2. The molecule has 0 fully saturated rings. The fourth-order valence-electron chi connectivity index (χ4n) is 1.57. The van der Waals surface area contributed by atoms with Crippen LogP contribution in [0, 0.1) is 12.7 Å². The quantitative estimate of drug-likeness (QED) is 0.635. The summed E-state index contributed by atoms with van der Waals surface area (Å²) in [6.45, 7) is 4.26. The Balaban J connectivity index is 2.49. The van der Waals surface area contributed by atoms with Crippen molar-refractivity contribution in [2.24, 2.45) is 0 Å². The minimum absolute atomic E-state index is 0.314. The van der Waals surface area contributed by atoms with Crippen molar-refractivity contribution in [2.75, 3.05) is 11.9 Å². The van der Waals surface area contributed by atoms with Crippen molar-refractivity contribution < 1.29 is 14.0 Å². The van der Waals surface area contributed by atoms with Gasteiger partial charge in [-0.25, -0.2) is 4.39 Å². The van der Waals surface area contributed by atoms with Gasteiger partial charge in [-0.05, 0) is 31.0 Å². The number of anilines is 1. The largest absolute Gasteiger partial charge is 0.348 e. The highest BCUT2D eigenvalue weighted by Gasteiger charge is 2.14. The zero-order valence-electron chi connectivity index (χ0n) is 11.3. The molecule has 0 radical (unpaired) electrons. The molecule has 0 saturated carbocycles. The van der Waals surface area contributed by atoms with Crippen LogP contribution >= 0.6 is 0 Å². The molecule has 0 aliphatic heterocycles. The van der Waals surface area contributed by atoms with E-state index in [9.17, 15) is 14.0 Å². The number of benzene rings is 1. The van der Waals surface area contributed by atoms with Crippen molar-refractivity contribution >= 4 is 17.5 Å². The van der Waals surface area contributed by atoms with E-state index in [0.717, 1.165) is 19.3 Å². The van der Waals surface area contributed by atoms with Crippen molar-refractivity contribution in [1.82, 2.24) is 5.32 Å². The minimum atomic E-state index is -0.773. The second kappa shape index (κ2) is 7.51. The summed E-state index contributed by atoms with van der Waals surface area (Å²) in [5.41, 5.74) is 1.02. The maximum atomic E-state index is 13.0. The van der Waals surface area contributed by atoms with Crippen molar-refractivity contribution in [3.05, 3.63) is 29.6 Å². The lowest BCUT2D eigenvalue weighted by atomic mass is 10.2. The Morgan fingerprint density at radius 2 is 1.95 bits per heavy atom. The average molecular weight is 266 g/mol. The topological polar surface area (TPSA) is 58.2 Å². The number of hydrogen-bond acceptors (Lipinski definition) is 2. The molecule has 0 saturated heterocycles.